The van der Waals surface area contributed by atoms with E-state index in [0.717, 1.165) is 25.3 Å². The topological polar surface area (TPSA) is 41.0 Å². The molecule has 1 atom stereocenters. The molecule has 0 bridgehead atoms. The Morgan fingerprint density at radius 3 is 3.00 bits per heavy atom. The van der Waals surface area contributed by atoms with Crippen LogP contribution in [0.3, 0.4) is 0 Å². The van der Waals surface area contributed by atoms with Crippen molar-refractivity contribution in [3.8, 4) is 0 Å². The smallest absolute Gasteiger partial charge is 0.0893 e. The molecular weight excluding hydrogens is 268 g/mol. The highest BCUT2D eigenvalue weighted by Crippen LogP contribution is 2.14. The summed E-state index contributed by atoms with van der Waals surface area (Å²) < 4.78 is 3.90. The monoisotopic (exact) mass is 288 g/mol. The molecule has 0 radical (unpaired) electrons. The van der Waals surface area contributed by atoms with Crippen LogP contribution in [-0.4, -0.2) is 33.6 Å². The number of nitrogens with zero attached hydrogens (tertiary/aromatic N) is 3. The molecule has 2 aromatic rings. The lowest BCUT2D eigenvalue weighted by molar-refractivity contribution is 0.182. The molecule has 106 valence electrons. The fraction of sp³-hybridized carbons (Fsp3) is 0.467. The van der Waals surface area contributed by atoms with Crippen molar-refractivity contribution in [3.05, 3.63) is 47.0 Å². The van der Waals surface area contributed by atoms with Crippen molar-refractivity contribution < 1.29 is 0 Å². The Kier molecular flexibility index (Phi) is 4.73. The number of likely N-dealkylation sites (tertiary alicyclic amines) is 1. The normalized spacial score (nSPS) is 20.1. The SMILES string of the molecule is c1ccc(CN2CCCC(NCc3csnn3)C2)cc1. The van der Waals surface area contributed by atoms with Crippen molar-refractivity contribution in [3.63, 3.8) is 0 Å². The molecule has 1 unspecified atom stereocenters. The van der Waals surface area contributed by atoms with E-state index in [-0.39, 0.29) is 0 Å². The first-order chi connectivity index (χ1) is 9.90. The van der Waals surface area contributed by atoms with Crippen LogP contribution in [0.15, 0.2) is 35.7 Å². The first-order valence-electron chi connectivity index (χ1n) is 7.16. The molecule has 5 heteroatoms. The van der Waals surface area contributed by atoms with Crippen LogP contribution in [0.25, 0.3) is 0 Å². The van der Waals surface area contributed by atoms with Gasteiger partial charge in [0.05, 0.1) is 5.69 Å². The maximum atomic E-state index is 4.08. The quantitative estimate of drug-likeness (QED) is 0.916. The third kappa shape index (κ3) is 3.85. The highest BCUT2D eigenvalue weighted by molar-refractivity contribution is 7.03. The van der Waals surface area contributed by atoms with Gasteiger partial charge in [0, 0.05) is 31.1 Å². The van der Waals surface area contributed by atoms with Crippen molar-refractivity contribution in [2.75, 3.05) is 13.1 Å². The molecule has 1 aromatic carbocycles. The molecule has 0 aliphatic carbocycles. The number of rotatable bonds is 5. The summed E-state index contributed by atoms with van der Waals surface area (Å²) in [5.74, 6) is 0. The van der Waals surface area contributed by atoms with Gasteiger partial charge in [0.15, 0.2) is 0 Å². The lowest BCUT2D eigenvalue weighted by atomic mass is 10.0. The minimum atomic E-state index is 0.564. The Morgan fingerprint density at radius 2 is 2.20 bits per heavy atom. The predicted molar refractivity (Wildman–Crippen MR) is 81.5 cm³/mol. The van der Waals surface area contributed by atoms with E-state index in [1.165, 1.54) is 36.5 Å². The molecule has 1 N–H and O–H groups in total. The van der Waals surface area contributed by atoms with Gasteiger partial charge in [-0.15, -0.1) is 5.10 Å². The first kappa shape index (κ1) is 13.7. The van der Waals surface area contributed by atoms with Crippen LogP contribution in [0.4, 0.5) is 0 Å². The van der Waals surface area contributed by atoms with E-state index in [1.54, 1.807) is 0 Å². The van der Waals surface area contributed by atoms with Gasteiger partial charge in [0.2, 0.25) is 0 Å². The summed E-state index contributed by atoms with van der Waals surface area (Å²) >= 11 is 1.42. The van der Waals surface area contributed by atoms with Crippen molar-refractivity contribution in [1.82, 2.24) is 19.8 Å². The average molecular weight is 288 g/mol. The minimum absolute atomic E-state index is 0.564. The van der Waals surface area contributed by atoms with E-state index in [2.05, 4.69) is 50.1 Å². The lowest BCUT2D eigenvalue weighted by Crippen LogP contribution is -2.45. The number of benzene rings is 1. The van der Waals surface area contributed by atoms with E-state index in [0.29, 0.717) is 6.04 Å². The van der Waals surface area contributed by atoms with Crippen LogP contribution in [0.2, 0.25) is 0 Å². The summed E-state index contributed by atoms with van der Waals surface area (Å²) in [7, 11) is 0. The fourth-order valence-electron chi connectivity index (χ4n) is 2.72. The van der Waals surface area contributed by atoms with E-state index >= 15 is 0 Å². The summed E-state index contributed by atoms with van der Waals surface area (Å²) in [5, 5.41) is 9.69. The summed E-state index contributed by atoms with van der Waals surface area (Å²) in [6.07, 6.45) is 2.52. The number of aromatic nitrogens is 2. The molecule has 0 spiro atoms. The zero-order valence-corrected chi connectivity index (χ0v) is 12.4. The maximum absolute atomic E-state index is 4.08. The standard InChI is InChI=1S/C15H20N4S/c1-2-5-13(6-3-1)10-19-8-4-7-14(11-19)16-9-15-12-20-18-17-15/h1-3,5-6,12,14,16H,4,7-11H2. The Labute approximate surface area is 124 Å². The largest absolute Gasteiger partial charge is 0.307 e. The van der Waals surface area contributed by atoms with Gasteiger partial charge in [0.1, 0.15) is 0 Å². The Hall–Kier alpha value is -1.30. The second-order valence-corrected chi connectivity index (χ2v) is 5.95. The van der Waals surface area contributed by atoms with Gasteiger partial charge in [-0.3, -0.25) is 4.90 Å². The molecule has 1 aromatic heterocycles. The third-order valence-electron chi connectivity index (χ3n) is 3.73. The van der Waals surface area contributed by atoms with Gasteiger partial charge in [0.25, 0.3) is 0 Å². The van der Waals surface area contributed by atoms with Gasteiger partial charge < -0.3 is 5.32 Å². The summed E-state index contributed by atoms with van der Waals surface area (Å²) in [5.41, 5.74) is 2.45. The highest BCUT2D eigenvalue weighted by Gasteiger charge is 2.19. The van der Waals surface area contributed by atoms with Crippen LogP contribution in [0.5, 0.6) is 0 Å². The number of hydrogen-bond acceptors (Lipinski definition) is 5. The van der Waals surface area contributed by atoms with E-state index in [4.69, 9.17) is 0 Å². The number of nitrogens with one attached hydrogen (secondary N) is 1. The molecule has 1 aliphatic heterocycles. The zero-order chi connectivity index (χ0) is 13.6. The maximum Gasteiger partial charge on any atom is 0.0893 e. The Bertz CT molecular complexity index is 500. The van der Waals surface area contributed by atoms with Gasteiger partial charge in [-0.25, -0.2) is 0 Å². The van der Waals surface area contributed by atoms with Gasteiger partial charge in [-0.2, -0.15) is 0 Å². The fourth-order valence-corrected chi connectivity index (χ4v) is 3.17. The summed E-state index contributed by atoms with van der Waals surface area (Å²) in [6.45, 7) is 4.20. The molecule has 1 saturated heterocycles. The van der Waals surface area contributed by atoms with Crippen LogP contribution < -0.4 is 5.32 Å². The molecule has 3 rings (SSSR count). The summed E-state index contributed by atoms with van der Waals surface area (Å²) in [4.78, 5) is 2.54. The van der Waals surface area contributed by atoms with Gasteiger partial charge >= 0.3 is 0 Å². The second-order valence-electron chi connectivity index (χ2n) is 5.34. The first-order valence-corrected chi connectivity index (χ1v) is 7.99. The molecule has 1 fully saturated rings. The van der Waals surface area contributed by atoms with Crippen molar-refractivity contribution in [1.29, 1.82) is 0 Å². The van der Waals surface area contributed by atoms with Crippen LogP contribution >= 0.6 is 11.5 Å². The van der Waals surface area contributed by atoms with Gasteiger partial charge in [-0.1, -0.05) is 34.8 Å². The molecule has 4 nitrogen and oxygen atoms in total. The highest BCUT2D eigenvalue weighted by atomic mass is 32.1. The zero-order valence-electron chi connectivity index (χ0n) is 11.5. The molecule has 20 heavy (non-hydrogen) atoms. The van der Waals surface area contributed by atoms with Crippen molar-refractivity contribution >= 4 is 11.5 Å². The predicted octanol–water partition coefficient (Wildman–Crippen LogP) is 2.29. The Balaban J connectivity index is 1.49. The van der Waals surface area contributed by atoms with Crippen LogP contribution in [0.1, 0.15) is 24.1 Å². The molecule has 0 amide bonds. The molecule has 2 heterocycles. The summed E-state index contributed by atoms with van der Waals surface area (Å²) in [6, 6.07) is 11.3. The number of piperidine rings is 1. The Morgan fingerprint density at radius 1 is 1.30 bits per heavy atom. The molecule has 0 saturated carbocycles. The molecule has 1 aliphatic rings. The third-order valence-corrected chi connectivity index (χ3v) is 4.28. The van der Waals surface area contributed by atoms with E-state index in [1.807, 2.05) is 5.38 Å². The van der Waals surface area contributed by atoms with E-state index in [9.17, 15) is 0 Å². The van der Waals surface area contributed by atoms with Crippen molar-refractivity contribution in [2.45, 2.75) is 32.0 Å². The number of hydrogen-bond donors (Lipinski definition) is 1. The second kappa shape index (κ2) is 6.92. The molecular formula is C15H20N4S. The minimum Gasteiger partial charge on any atom is -0.307 e. The lowest BCUT2D eigenvalue weighted by Gasteiger charge is -2.33. The van der Waals surface area contributed by atoms with Crippen LogP contribution in [-0.2, 0) is 13.1 Å². The van der Waals surface area contributed by atoms with Gasteiger partial charge in [-0.05, 0) is 36.5 Å². The average Bonchev–Trinajstić information content (AvgIpc) is 3.00. The van der Waals surface area contributed by atoms with Crippen LogP contribution in [0, 0.1) is 0 Å². The van der Waals surface area contributed by atoms with Crippen molar-refractivity contribution in [2.24, 2.45) is 0 Å². The van der Waals surface area contributed by atoms with E-state index < -0.39 is 0 Å².